The Labute approximate surface area is 211 Å². The van der Waals surface area contributed by atoms with E-state index in [2.05, 4.69) is 10.3 Å². The second-order valence-electron chi connectivity index (χ2n) is 9.83. The lowest BCUT2D eigenvalue weighted by Crippen LogP contribution is -2.68. The summed E-state index contributed by atoms with van der Waals surface area (Å²) >= 11 is 0. The average molecular weight is 504 g/mol. The van der Waals surface area contributed by atoms with Crippen molar-refractivity contribution < 1.29 is 34.2 Å². The molecule has 0 aromatic heterocycles. The molecule has 1 amide bonds. The number of primary amides is 1. The van der Waals surface area contributed by atoms with Gasteiger partial charge < -0.3 is 21.3 Å². The Bertz CT molecular complexity index is 1400. The third-order valence-electron chi connectivity index (χ3n) is 7.84. The highest BCUT2D eigenvalue weighted by Crippen LogP contribution is 2.51. The molecule has 2 aromatic rings. The van der Waals surface area contributed by atoms with E-state index in [1.54, 1.807) is 19.5 Å². The zero-order valence-corrected chi connectivity index (χ0v) is 19.9. The van der Waals surface area contributed by atoms with Gasteiger partial charge in [0.2, 0.25) is 5.91 Å². The molecule has 0 bridgehead atoms. The van der Waals surface area contributed by atoms with Crippen molar-refractivity contribution in [3.63, 3.8) is 0 Å². The van der Waals surface area contributed by atoms with E-state index in [4.69, 9.17) is 5.73 Å². The van der Waals surface area contributed by atoms with Gasteiger partial charge >= 0.3 is 0 Å². The molecule has 0 radical (unpaired) electrons. The number of hydrogen-bond donors (Lipinski definition) is 4. The number of carbonyl (C=O) groups is 5. The SMILES string of the molecule is CN=CNc1ccc(-c2ccc(O)c3c2C[C@H]2C[C@H]4CC(=O)C(C(N)=O)C(=O)[C@@]4(O)C(=O)C2C3=O)cc1. The van der Waals surface area contributed by atoms with Crippen LogP contribution in [0.25, 0.3) is 11.1 Å². The Morgan fingerprint density at radius 1 is 1.08 bits per heavy atom. The summed E-state index contributed by atoms with van der Waals surface area (Å²) in [5.41, 5.74) is 5.38. The molecule has 10 heteroatoms. The van der Waals surface area contributed by atoms with Crippen molar-refractivity contribution in [1.82, 2.24) is 0 Å². The smallest absolute Gasteiger partial charge is 0.235 e. The number of fused-ring (bicyclic) bond motifs is 3. The first-order valence-electron chi connectivity index (χ1n) is 11.9. The van der Waals surface area contributed by atoms with Crippen molar-refractivity contribution in [3.8, 4) is 16.9 Å². The van der Waals surface area contributed by atoms with Gasteiger partial charge in [-0.2, -0.15) is 0 Å². The summed E-state index contributed by atoms with van der Waals surface area (Å²) in [5, 5.41) is 24.9. The van der Waals surface area contributed by atoms with Crippen molar-refractivity contribution in [2.75, 3.05) is 12.4 Å². The van der Waals surface area contributed by atoms with Crippen molar-refractivity contribution in [3.05, 3.63) is 47.5 Å². The van der Waals surface area contributed by atoms with E-state index >= 15 is 0 Å². The third kappa shape index (κ3) is 3.59. The number of anilines is 1. The molecule has 5 rings (SSSR count). The van der Waals surface area contributed by atoms with Gasteiger partial charge in [-0.05, 0) is 53.6 Å². The molecule has 5 N–H and O–H groups in total. The Balaban J connectivity index is 1.56. The Morgan fingerprint density at radius 2 is 1.78 bits per heavy atom. The maximum absolute atomic E-state index is 13.7. The largest absolute Gasteiger partial charge is 0.507 e. The molecule has 2 unspecified atom stereocenters. The minimum atomic E-state index is -2.65. The molecule has 2 saturated carbocycles. The van der Waals surface area contributed by atoms with Gasteiger partial charge in [-0.1, -0.05) is 18.2 Å². The van der Waals surface area contributed by atoms with E-state index < -0.39 is 58.3 Å². The van der Waals surface area contributed by atoms with Gasteiger partial charge in [0.1, 0.15) is 5.75 Å². The number of nitrogens with two attached hydrogens (primary N) is 1. The highest BCUT2D eigenvalue weighted by Gasteiger charge is 2.66. The molecule has 3 aliphatic carbocycles. The number of amides is 1. The van der Waals surface area contributed by atoms with Crippen LogP contribution in [0.2, 0.25) is 0 Å². The monoisotopic (exact) mass is 503 g/mol. The van der Waals surface area contributed by atoms with Gasteiger partial charge in [0, 0.05) is 25.1 Å². The average Bonchev–Trinajstić information content (AvgIpc) is 2.85. The highest BCUT2D eigenvalue weighted by atomic mass is 16.3. The number of rotatable bonds is 4. The Morgan fingerprint density at radius 3 is 2.43 bits per heavy atom. The minimum absolute atomic E-state index is 0.0275. The number of Topliss-reactive ketones (excluding diaryl/α,β-unsaturated/α-hetero) is 4. The molecule has 0 heterocycles. The fourth-order valence-corrected chi connectivity index (χ4v) is 6.12. The number of aromatic hydroxyl groups is 1. The number of ketones is 4. The number of aliphatic hydroxyl groups is 1. The summed E-state index contributed by atoms with van der Waals surface area (Å²) < 4.78 is 0. The number of hydrogen-bond acceptors (Lipinski definition) is 8. The molecule has 2 aromatic carbocycles. The number of carbonyl (C=O) groups excluding carboxylic acids is 5. The molecule has 190 valence electrons. The Hall–Kier alpha value is -4.18. The van der Waals surface area contributed by atoms with Crippen molar-refractivity contribution in [2.45, 2.75) is 24.9 Å². The first-order chi connectivity index (χ1) is 17.6. The van der Waals surface area contributed by atoms with Gasteiger partial charge in [-0.3, -0.25) is 29.0 Å². The number of phenolic OH excluding ortho intramolecular Hbond substituents is 1. The summed E-state index contributed by atoms with van der Waals surface area (Å²) in [6.45, 7) is 0. The minimum Gasteiger partial charge on any atom is -0.507 e. The van der Waals surface area contributed by atoms with Crippen LogP contribution in [-0.4, -0.2) is 58.2 Å². The first-order valence-corrected chi connectivity index (χ1v) is 11.9. The summed E-state index contributed by atoms with van der Waals surface area (Å²) in [6.07, 6.45) is 1.45. The van der Waals surface area contributed by atoms with Crippen LogP contribution in [0.3, 0.4) is 0 Å². The fourth-order valence-electron chi connectivity index (χ4n) is 6.12. The van der Waals surface area contributed by atoms with Crippen LogP contribution < -0.4 is 11.1 Å². The van der Waals surface area contributed by atoms with Gasteiger partial charge in [-0.25, -0.2) is 0 Å². The molecule has 0 saturated heterocycles. The zero-order chi connectivity index (χ0) is 26.6. The first kappa shape index (κ1) is 24.5. The maximum Gasteiger partial charge on any atom is 0.235 e. The number of benzene rings is 2. The van der Waals surface area contributed by atoms with Crippen molar-refractivity contribution in [2.24, 2.45) is 34.4 Å². The van der Waals surface area contributed by atoms with Crippen LogP contribution >= 0.6 is 0 Å². The summed E-state index contributed by atoms with van der Waals surface area (Å²) in [7, 11) is 1.64. The predicted octanol–water partition coefficient (Wildman–Crippen LogP) is 1.06. The van der Waals surface area contributed by atoms with E-state index in [1.807, 2.05) is 24.3 Å². The number of phenols is 1. The molecule has 0 aliphatic heterocycles. The summed E-state index contributed by atoms with van der Waals surface area (Å²) in [5.74, 6) is -10.2. The van der Waals surface area contributed by atoms with Crippen molar-refractivity contribution in [1.29, 1.82) is 0 Å². The molecule has 37 heavy (non-hydrogen) atoms. The topological polar surface area (TPSA) is 176 Å². The van der Waals surface area contributed by atoms with Gasteiger partial charge in [0.05, 0.1) is 17.8 Å². The summed E-state index contributed by atoms with van der Waals surface area (Å²) in [4.78, 5) is 68.3. The second-order valence-corrected chi connectivity index (χ2v) is 9.83. The molecule has 3 aliphatic rings. The van der Waals surface area contributed by atoms with Crippen LogP contribution in [0.4, 0.5) is 5.69 Å². The van der Waals surface area contributed by atoms with Crippen molar-refractivity contribution >= 4 is 41.1 Å². The van der Waals surface area contributed by atoms with Crippen LogP contribution in [0.1, 0.15) is 28.8 Å². The van der Waals surface area contributed by atoms with E-state index in [0.29, 0.717) is 11.1 Å². The van der Waals surface area contributed by atoms with E-state index in [-0.39, 0.29) is 30.6 Å². The quantitative estimate of drug-likeness (QED) is 0.272. The predicted molar refractivity (Wildman–Crippen MR) is 132 cm³/mol. The number of nitrogens with one attached hydrogen (secondary N) is 1. The zero-order valence-electron chi connectivity index (χ0n) is 19.9. The standard InChI is InChI=1S/C27H25N3O7/c1-29-11-30-15-4-2-12(3-5-15)16-6-7-18(31)21-17(16)9-13-8-14-10-19(32)22(26(28)36)25(35)27(14,37)24(34)20(13)23(21)33/h2-7,11,13-14,20,22,31,37H,8-10H2,1H3,(H2,28,36)(H,29,30)/t13-,14+,20?,22?,27+/m1/s1. The van der Waals surface area contributed by atoms with Gasteiger partial charge in [-0.15, -0.1) is 0 Å². The summed E-state index contributed by atoms with van der Waals surface area (Å²) in [6, 6.07) is 10.4. The van der Waals surface area contributed by atoms with E-state index in [9.17, 15) is 34.2 Å². The molecule has 5 atom stereocenters. The normalized spacial score (nSPS) is 29.0. The molecular formula is C27H25N3O7. The molecule has 2 fully saturated rings. The number of nitrogens with zero attached hydrogens (tertiary/aromatic N) is 1. The molecular weight excluding hydrogens is 478 g/mol. The highest BCUT2D eigenvalue weighted by molar-refractivity contribution is 6.31. The van der Waals surface area contributed by atoms with Gasteiger partial charge in [0.15, 0.2) is 34.7 Å². The maximum atomic E-state index is 13.7. The van der Waals surface area contributed by atoms with Crippen LogP contribution in [-0.2, 0) is 25.6 Å². The number of aliphatic imine (C=N–C) groups is 1. The molecule has 10 nitrogen and oxygen atoms in total. The fraction of sp³-hybridized carbons (Fsp3) is 0.333. The van der Waals surface area contributed by atoms with Gasteiger partial charge in [0.25, 0.3) is 0 Å². The lowest BCUT2D eigenvalue weighted by molar-refractivity contribution is -0.175. The molecule has 0 spiro atoms. The third-order valence-corrected chi connectivity index (χ3v) is 7.84. The lowest BCUT2D eigenvalue weighted by atomic mass is 9.53. The lowest BCUT2D eigenvalue weighted by Gasteiger charge is -2.48. The Kier molecular flexibility index (Phi) is 5.79. The second kappa shape index (κ2) is 8.74. The van der Waals surface area contributed by atoms with E-state index in [0.717, 1.165) is 11.3 Å². The van der Waals surface area contributed by atoms with Crippen LogP contribution in [0, 0.1) is 23.7 Å². The van der Waals surface area contributed by atoms with Crippen LogP contribution in [0.15, 0.2) is 41.4 Å². The van der Waals surface area contributed by atoms with Crippen LogP contribution in [0.5, 0.6) is 5.75 Å². The van der Waals surface area contributed by atoms with E-state index in [1.165, 1.54) is 6.07 Å².